The Morgan fingerprint density at radius 3 is 2.55 bits per heavy atom. The summed E-state index contributed by atoms with van der Waals surface area (Å²) in [5, 5.41) is 2.95. The van der Waals surface area contributed by atoms with E-state index in [-0.39, 0.29) is 17.7 Å². The van der Waals surface area contributed by atoms with Crippen molar-refractivity contribution in [1.82, 2.24) is 5.32 Å². The number of rotatable bonds is 7. The number of methoxy groups -OCH3 is 1. The molecule has 1 N–H and O–H groups in total. The standard InChI is InChI=1S/C14H19F4NO/c1-3-9-19-11(7-8-14(16,17)18)10-5-4-6-12(20-2)13(10)15/h4-6,11,19H,3,7-9H2,1-2H3. The Hall–Kier alpha value is -1.30. The van der Waals surface area contributed by atoms with Gasteiger partial charge in [-0.1, -0.05) is 19.1 Å². The van der Waals surface area contributed by atoms with Gasteiger partial charge in [-0.3, -0.25) is 0 Å². The molecule has 1 atom stereocenters. The van der Waals surface area contributed by atoms with Crippen LogP contribution >= 0.6 is 0 Å². The van der Waals surface area contributed by atoms with Gasteiger partial charge in [0.05, 0.1) is 7.11 Å². The van der Waals surface area contributed by atoms with Crippen LogP contribution in [0.2, 0.25) is 0 Å². The summed E-state index contributed by atoms with van der Waals surface area (Å²) in [6.45, 7) is 2.43. The maximum atomic E-state index is 14.1. The van der Waals surface area contributed by atoms with E-state index in [0.717, 1.165) is 6.42 Å². The van der Waals surface area contributed by atoms with Gasteiger partial charge in [0, 0.05) is 18.0 Å². The van der Waals surface area contributed by atoms with E-state index < -0.39 is 24.5 Å². The highest BCUT2D eigenvalue weighted by Crippen LogP contribution is 2.31. The fourth-order valence-corrected chi connectivity index (χ4v) is 1.95. The van der Waals surface area contributed by atoms with Crippen LogP contribution in [-0.4, -0.2) is 19.8 Å². The number of halogens is 4. The van der Waals surface area contributed by atoms with Crippen LogP contribution in [0.25, 0.3) is 0 Å². The van der Waals surface area contributed by atoms with E-state index in [2.05, 4.69) is 5.32 Å². The van der Waals surface area contributed by atoms with E-state index in [1.165, 1.54) is 19.2 Å². The largest absolute Gasteiger partial charge is 0.494 e. The lowest BCUT2D eigenvalue weighted by molar-refractivity contribution is -0.136. The first-order chi connectivity index (χ1) is 9.39. The summed E-state index contributed by atoms with van der Waals surface area (Å²) in [4.78, 5) is 0. The number of hydrogen-bond donors (Lipinski definition) is 1. The van der Waals surface area contributed by atoms with Crippen LogP contribution in [0.5, 0.6) is 5.75 Å². The first-order valence-corrected chi connectivity index (χ1v) is 6.51. The zero-order chi connectivity index (χ0) is 15.2. The summed E-state index contributed by atoms with van der Waals surface area (Å²) in [5.74, 6) is -0.566. The molecule has 0 bridgehead atoms. The molecule has 20 heavy (non-hydrogen) atoms. The number of hydrogen-bond acceptors (Lipinski definition) is 2. The van der Waals surface area contributed by atoms with Crippen molar-refractivity contribution in [2.75, 3.05) is 13.7 Å². The second kappa shape index (κ2) is 7.47. The third-order valence-electron chi connectivity index (χ3n) is 2.95. The maximum absolute atomic E-state index is 14.1. The average molecular weight is 293 g/mol. The van der Waals surface area contributed by atoms with Crippen LogP contribution < -0.4 is 10.1 Å². The van der Waals surface area contributed by atoms with Crippen molar-refractivity contribution in [2.45, 2.75) is 38.4 Å². The maximum Gasteiger partial charge on any atom is 0.389 e. The lowest BCUT2D eigenvalue weighted by atomic mass is 10.0. The molecular weight excluding hydrogens is 274 g/mol. The number of benzene rings is 1. The Balaban J connectivity index is 2.92. The molecule has 0 spiro atoms. The highest BCUT2D eigenvalue weighted by Gasteiger charge is 2.29. The minimum absolute atomic E-state index is 0.0396. The molecule has 2 nitrogen and oxygen atoms in total. The predicted octanol–water partition coefficient (Wildman–Crippen LogP) is 4.22. The summed E-state index contributed by atoms with van der Waals surface area (Å²) in [5.41, 5.74) is 0.210. The Morgan fingerprint density at radius 2 is 2.00 bits per heavy atom. The van der Waals surface area contributed by atoms with Crippen molar-refractivity contribution in [1.29, 1.82) is 0 Å². The molecule has 0 radical (unpaired) electrons. The summed E-state index contributed by atoms with van der Waals surface area (Å²) in [6.07, 6.45) is -4.64. The van der Waals surface area contributed by atoms with Crippen molar-refractivity contribution in [3.63, 3.8) is 0 Å². The lowest BCUT2D eigenvalue weighted by Crippen LogP contribution is -2.25. The fraction of sp³-hybridized carbons (Fsp3) is 0.571. The smallest absolute Gasteiger partial charge is 0.389 e. The molecule has 1 aromatic carbocycles. The summed E-state index contributed by atoms with van der Waals surface area (Å²) >= 11 is 0. The molecular formula is C14H19F4NO. The Kier molecular flexibility index (Phi) is 6.26. The Morgan fingerprint density at radius 1 is 1.30 bits per heavy atom. The highest BCUT2D eigenvalue weighted by molar-refractivity contribution is 5.33. The molecule has 114 valence electrons. The Bertz CT molecular complexity index is 420. The van der Waals surface area contributed by atoms with Crippen molar-refractivity contribution in [3.8, 4) is 5.75 Å². The lowest BCUT2D eigenvalue weighted by Gasteiger charge is -2.21. The monoisotopic (exact) mass is 293 g/mol. The average Bonchev–Trinajstić information content (AvgIpc) is 2.39. The molecule has 0 aromatic heterocycles. The minimum atomic E-state index is -4.25. The molecule has 0 heterocycles. The van der Waals surface area contributed by atoms with Crippen LogP contribution in [0, 0.1) is 5.82 Å². The SMILES string of the molecule is CCCNC(CCC(F)(F)F)c1cccc(OC)c1F. The van der Waals surface area contributed by atoms with Gasteiger partial charge in [-0.15, -0.1) is 0 Å². The van der Waals surface area contributed by atoms with Crippen LogP contribution in [-0.2, 0) is 0 Å². The zero-order valence-corrected chi connectivity index (χ0v) is 11.6. The third kappa shape index (κ3) is 5.00. The zero-order valence-electron chi connectivity index (χ0n) is 11.6. The van der Waals surface area contributed by atoms with Gasteiger partial charge >= 0.3 is 6.18 Å². The molecule has 1 rings (SSSR count). The van der Waals surface area contributed by atoms with Gasteiger partial charge in [0.2, 0.25) is 0 Å². The van der Waals surface area contributed by atoms with Crippen LogP contribution in [0.1, 0.15) is 37.8 Å². The van der Waals surface area contributed by atoms with E-state index in [0.29, 0.717) is 6.54 Å². The van der Waals surface area contributed by atoms with Crippen molar-refractivity contribution >= 4 is 0 Å². The topological polar surface area (TPSA) is 21.3 Å². The molecule has 0 saturated heterocycles. The van der Waals surface area contributed by atoms with Crippen molar-refractivity contribution in [2.24, 2.45) is 0 Å². The first-order valence-electron chi connectivity index (χ1n) is 6.51. The van der Waals surface area contributed by atoms with E-state index in [1.54, 1.807) is 6.07 Å². The van der Waals surface area contributed by atoms with Gasteiger partial charge in [-0.25, -0.2) is 4.39 Å². The van der Waals surface area contributed by atoms with E-state index in [1.807, 2.05) is 6.92 Å². The molecule has 0 amide bonds. The molecule has 0 saturated carbocycles. The van der Waals surface area contributed by atoms with Gasteiger partial charge in [0.1, 0.15) is 0 Å². The number of ether oxygens (including phenoxy) is 1. The van der Waals surface area contributed by atoms with Gasteiger partial charge in [-0.2, -0.15) is 13.2 Å². The van der Waals surface area contributed by atoms with Crippen LogP contribution in [0.4, 0.5) is 17.6 Å². The van der Waals surface area contributed by atoms with Crippen molar-refractivity contribution < 1.29 is 22.3 Å². The van der Waals surface area contributed by atoms with Crippen LogP contribution in [0.3, 0.4) is 0 Å². The number of alkyl halides is 3. The number of nitrogens with one attached hydrogen (secondary N) is 1. The van der Waals surface area contributed by atoms with Gasteiger partial charge in [0.15, 0.2) is 11.6 Å². The quantitative estimate of drug-likeness (QED) is 0.760. The molecule has 0 aliphatic carbocycles. The summed E-state index contributed by atoms with van der Waals surface area (Å²) in [7, 11) is 1.33. The fourth-order valence-electron chi connectivity index (χ4n) is 1.95. The van der Waals surface area contributed by atoms with Crippen molar-refractivity contribution in [3.05, 3.63) is 29.6 Å². The molecule has 6 heteroatoms. The second-order valence-corrected chi connectivity index (χ2v) is 4.52. The molecule has 0 aliphatic heterocycles. The van der Waals surface area contributed by atoms with Gasteiger partial charge < -0.3 is 10.1 Å². The van der Waals surface area contributed by atoms with E-state index in [4.69, 9.17) is 4.74 Å². The molecule has 0 aliphatic rings. The van der Waals surface area contributed by atoms with E-state index >= 15 is 0 Å². The van der Waals surface area contributed by atoms with Gasteiger partial charge in [-0.05, 0) is 25.5 Å². The second-order valence-electron chi connectivity index (χ2n) is 4.52. The third-order valence-corrected chi connectivity index (χ3v) is 2.95. The first kappa shape index (κ1) is 16.8. The van der Waals surface area contributed by atoms with Crippen LogP contribution in [0.15, 0.2) is 18.2 Å². The summed E-state index contributed by atoms with van der Waals surface area (Å²) < 4.78 is 56.0. The highest BCUT2D eigenvalue weighted by atomic mass is 19.4. The minimum Gasteiger partial charge on any atom is -0.494 e. The summed E-state index contributed by atoms with van der Waals surface area (Å²) in [6, 6.07) is 3.83. The van der Waals surface area contributed by atoms with E-state index in [9.17, 15) is 17.6 Å². The molecule has 1 unspecified atom stereocenters. The Labute approximate surface area is 116 Å². The predicted molar refractivity (Wildman–Crippen MR) is 69.3 cm³/mol. The van der Waals surface area contributed by atoms with Gasteiger partial charge in [0.25, 0.3) is 0 Å². The molecule has 1 aromatic rings. The molecule has 0 fully saturated rings. The normalized spacial score (nSPS) is 13.3.